The number of hydrogen-bond acceptors (Lipinski definition) is 4. The van der Waals surface area contributed by atoms with Crippen molar-refractivity contribution in [2.75, 3.05) is 6.61 Å². The Morgan fingerprint density at radius 1 is 1.22 bits per heavy atom. The van der Waals surface area contributed by atoms with Gasteiger partial charge in [-0.3, -0.25) is 0 Å². The molecule has 2 aromatic carbocycles. The fourth-order valence-electron chi connectivity index (χ4n) is 2.69. The molecule has 0 heterocycles. The molecule has 4 nitrogen and oxygen atoms in total. The van der Waals surface area contributed by atoms with Crippen LogP contribution in [0.5, 0.6) is 5.75 Å². The van der Waals surface area contributed by atoms with Gasteiger partial charge in [0.2, 0.25) is 0 Å². The third-order valence-corrected chi connectivity index (χ3v) is 4.37. The van der Waals surface area contributed by atoms with E-state index in [-0.39, 0.29) is 12.2 Å². The third kappa shape index (κ3) is 5.35. The van der Waals surface area contributed by atoms with Crippen molar-refractivity contribution in [3.05, 3.63) is 68.7 Å². The summed E-state index contributed by atoms with van der Waals surface area (Å²) in [5, 5.41) is 9.93. The van der Waals surface area contributed by atoms with Crippen molar-refractivity contribution in [2.45, 2.75) is 34.3 Å². The molecule has 0 N–H and O–H groups in total. The highest BCUT2D eigenvalue weighted by Gasteiger charge is 2.13. The molecule has 0 fully saturated rings. The molecule has 0 aromatic heterocycles. The zero-order chi connectivity index (χ0) is 20.0. The molecule has 5 heteroatoms. The van der Waals surface area contributed by atoms with Crippen molar-refractivity contribution in [3.63, 3.8) is 0 Å². The molecule has 0 amide bonds. The summed E-state index contributed by atoms with van der Waals surface area (Å²) < 4.78 is 10.9. The van der Waals surface area contributed by atoms with Crippen LogP contribution in [0.4, 0.5) is 0 Å². The predicted molar refractivity (Wildman–Crippen MR) is 107 cm³/mol. The van der Waals surface area contributed by atoms with E-state index in [1.807, 2.05) is 51.1 Å². The average molecular weight is 384 g/mol. The molecule has 0 unspecified atom stereocenters. The number of carbonyl (C=O) groups is 1. The maximum Gasteiger partial charge on any atom is 0.348 e. The first-order valence-electron chi connectivity index (χ1n) is 8.63. The highest BCUT2D eigenvalue weighted by molar-refractivity contribution is 6.30. The second-order valence-corrected chi connectivity index (χ2v) is 6.66. The largest absolute Gasteiger partial charge is 0.489 e. The summed E-state index contributed by atoms with van der Waals surface area (Å²) in [5.74, 6) is 0.150. The van der Waals surface area contributed by atoms with Crippen molar-refractivity contribution in [3.8, 4) is 11.8 Å². The molecule has 2 aromatic rings. The first-order chi connectivity index (χ1) is 12.8. The van der Waals surface area contributed by atoms with E-state index >= 15 is 0 Å². The fraction of sp³-hybridized carbons (Fsp3) is 0.273. The van der Waals surface area contributed by atoms with E-state index in [9.17, 15) is 10.1 Å². The molecule has 0 atom stereocenters. The van der Waals surface area contributed by atoms with Gasteiger partial charge in [-0.2, -0.15) is 5.26 Å². The smallest absolute Gasteiger partial charge is 0.348 e. The molecular weight excluding hydrogens is 362 g/mol. The van der Waals surface area contributed by atoms with Crippen LogP contribution in [0, 0.1) is 32.1 Å². The van der Waals surface area contributed by atoms with Gasteiger partial charge in [-0.25, -0.2) is 4.79 Å². The van der Waals surface area contributed by atoms with Crippen molar-refractivity contribution in [2.24, 2.45) is 0 Å². The molecule has 0 radical (unpaired) electrons. The number of hydrogen-bond donors (Lipinski definition) is 0. The Morgan fingerprint density at radius 2 is 1.96 bits per heavy atom. The third-order valence-electron chi connectivity index (χ3n) is 4.14. The van der Waals surface area contributed by atoms with Gasteiger partial charge in [0, 0.05) is 5.02 Å². The molecule has 0 saturated carbocycles. The zero-order valence-electron chi connectivity index (χ0n) is 15.9. The van der Waals surface area contributed by atoms with Crippen LogP contribution in [-0.2, 0) is 16.1 Å². The first kappa shape index (κ1) is 20.5. The fourth-order valence-corrected chi connectivity index (χ4v) is 2.92. The van der Waals surface area contributed by atoms with Crippen LogP contribution in [0.2, 0.25) is 5.02 Å². The number of halogens is 1. The zero-order valence-corrected chi connectivity index (χ0v) is 16.7. The van der Waals surface area contributed by atoms with Crippen LogP contribution in [-0.4, -0.2) is 12.6 Å². The van der Waals surface area contributed by atoms with Gasteiger partial charge >= 0.3 is 5.97 Å². The first-order valence-corrected chi connectivity index (χ1v) is 9.01. The van der Waals surface area contributed by atoms with Gasteiger partial charge in [-0.15, -0.1) is 0 Å². The normalized spacial score (nSPS) is 11.0. The molecule has 0 aliphatic heterocycles. The van der Waals surface area contributed by atoms with E-state index in [1.54, 1.807) is 19.1 Å². The molecule has 140 valence electrons. The van der Waals surface area contributed by atoms with Gasteiger partial charge in [-0.1, -0.05) is 29.3 Å². The summed E-state index contributed by atoms with van der Waals surface area (Å²) in [7, 11) is 0. The van der Waals surface area contributed by atoms with Crippen LogP contribution in [0.1, 0.15) is 34.7 Å². The molecule has 2 rings (SSSR count). The molecule has 0 aliphatic rings. The number of nitriles is 1. The SMILES string of the molecule is CCOC(=O)C(C#N)=Cc1cc(C)cc(COc2ccc(Cl)cc2C)c1C. The average Bonchev–Trinajstić information content (AvgIpc) is 2.62. The highest BCUT2D eigenvalue weighted by Crippen LogP contribution is 2.25. The van der Waals surface area contributed by atoms with Crippen LogP contribution in [0.15, 0.2) is 35.9 Å². The Hall–Kier alpha value is -2.77. The Morgan fingerprint density at radius 3 is 2.59 bits per heavy atom. The Labute approximate surface area is 165 Å². The van der Waals surface area contributed by atoms with Crippen LogP contribution >= 0.6 is 11.6 Å². The van der Waals surface area contributed by atoms with Crippen molar-refractivity contribution >= 4 is 23.6 Å². The second kappa shape index (κ2) is 9.25. The Balaban J connectivity index is 2.31. The van der Waals surface area contributed by atoms with E-state index in [1.165, 1.54) is 0 Å². The lowest BCUT2D eigenvalue weighted by molar-refractivity contribution is -0.137. The van der Waals surface area contributed by atoms with E-state index in [4.69, 9.17) is 21.1 Å². The number of ether oxygens (including phenoxy) is 2. The maximum absolute atomic E-state index is 11.9. The monoisotopic (exact) mass is 383 g/mol. The standard InChI is InChI=1S/C22H22ClNO3/c1-5-26-22(25)18(12-24)11-17-8-14(2)9-19(16(17)4)13-27-21-7-6-20(23)10-15(21)3/h6-11H,5,13H2,1-4H3. The lowest BCUT2D eigenvalue weighted by Gasteiger charge is -2.14. The Bertz CT molecular complexity index is 926. The molecule has 0 saturated heterocycles. The van der Waals surface area contributed by atoms with Crippen LogP contribution < -0.4 is 4.74 Å². The maximum atomic E-state index is 11.9. The topological polar surface area (TPSA) is 59.3 Å². The second-order valence-electron chi connectivity index (χ2n) is 6.23. The number of esters is 1. The number of rotatable bonds is 6. The summed E-state index contributed by atoms with van der Waals surface area (Å²) in [4.78, 5) is 11.9. The van der Waals surface area contributed by atoms with Crippen molar-refractivity contribution in [1.29, 1.82) is 5.26 Å². The van der Waals surface area contributed by atoms with Crippen molar-refractivity contribution < 1.29 is 14.3 Å². The lowest BCUT2D eigenvalue weighted by atomic mass is 9.98. The summed E-state index contributed by atoms with van der Waals surface area (Å²) >= 11 is 5.98. The van der Waals surface area contributed by atoms with Gasteiger partial charge in [0.1, 0.15) is 24.0 Å². The van der Waals surface area contributed by atoms with Gasteiger partial charge in [0.05, 0.1) is 6.61 Å². The number of benzene rings is 2. The number of aryl methyl sites for hydroxylation is 2. The van der Waals surface area contributed by atoms with Gasteiger partial charge in [0.25, 0.3) is 0 Å². The van der Waals surface area contributed by atoms with E-state index < -0.39 is 5.97 Å². The minimum Gasteiger partial charge on any atom is -0.489 e. The summed E-state index contributed by atoms with van der Waals surface area (Å²) in [6, 6.07) is 11.4. The minimum absolute atomic E-state index is 0.0223. The summed E-state index contributed by atoms with van der Waals surface area (Å²) in [5.41, 5.74) is 4.68. The van der Waals surface area contributed by atoms with Gasteiger partial charge in [-0.05, 0) is 74.2 Å². The summed E-state index contributed by atoms with van der Waals surface area (Å²) in [6.07, 6.45) is 1.57. The molecule has 0 bridgehead atoms. The molecule has 0 aliphatic carbocycles. The molecular formula is C22H22ClNO3. The highest BCUT2D eigenvalue weighted by atomic mass is 35.5. The molecule has 0 spiro atoms. The number of carbonyl (C=O) groups excluding carboxylic acids is 1. The predicted octanol–water partition coefficient (Wildman–Crippen LogP) is 5.31. The van der Waals surface area contributed by atoms with E-state index in [0.29, 0.717) is 11.6 Å². The number of nitrogens with zero attached hydrogens (tertiary/aromatic N) is 1. The minimum atomic E-state index is -0.615. The van der Waals surface area contributed by atoms with Crippen LogP contribution in [0.3, 0.4) is 0 Å². The van der Waals surface area contributed by atoms with E-state index in [0.717, 1.165) is 33.6 Å². The van der Waals surface area contributed by atoms with Crippen LogP contribution in [0.25, 0.3) is 6.08 Å². The lowest BCUT2D eigenvalue weighted by Crippen LogP contribution is -2.07. The molecule has 27 heavy (non-hydrogen) atoms. The summed E-state index contributed by atoms with van der Waals surface area (Å²) in [6.45, 7) is 8.15. The van der Waals surface area contributed by atoms with Crippen molar-refractivity contribution in [1.82, 2.24) is 0 Å². The quantitative estimate of drug-likeness (QED) is 0.385. The van der Waals surface area contributed by atoms with E-state index in [2.05, 4.69) is 0 Å². The van der Waals surface area contributed by atoms with Gasteiger partial charge < -0.3 is 9.47 Å². The Kier molecular flexibility index (Phi) is 7.04. The van der Waals surface area contributed by atoms with Gasteiger partial charge in [0.15, 0.2) is 0 Å².